The Labute approximate surface area is 98.7 Å². The van der Waals surface area contributed by atoms with Gasteiger partial charge in [-0.25, -0.2) is 0 Å². The van der Waals surface area contributed by atoms with Gasteiger partial charge in [0, 0.05) is 29.6 Å². The molecule has 0 aliphatic carbocycles. The zero-order valence-electron chi connectivity index (χ0n) is 9.66. The highest BCUT2D eigenvalue weighted by atomic mass is 32.2. The van der Waals surface area contributed by atoms with Crippen LogP contribution in [-0.4, -0.2) is 30.2 Å². The molecule has 0 aromatic heterocycles. The van der Waals surface area contributed by atoms with E-state index in [1.165, 1.54) is 0 Å². The van der Waals surface area contributed by atoms with Crippen LogP contribution in [0.1, 0.15) is 16.4 Å². The Bertz CT molecular complexity index is 406. The third kappa shape index (κ3) is 2.28. The summed E-state index contributed by atoms with van der Waals surface area (Å²) in [6.07, 6.45) is 0. The van der Waals surface area contributed by atoms with E-state index in [2.05, 4.69) is 11.4 Å². The van der Waals surface area contributed by atoms with Crippen LogP contribution in [0.15, 0.2) is 18.2 Å². The second-order valence-electron chi connectivity index (χ2n) is 4.01. The van der Waals surface area contributed by atoms with Gasteiger partial charge in [0.25, 0.3) is 0 Å². The van der Waals surface area contributed by atoms with E-state index in [9.17, 15) is 4.21 Å². The number of benzene rings is 1. The molecule has 1 N–H and O–H groups in total. The van der Waals surface area contributed by atoms with Gasteiger partial charge >= 0.3 is 0 Å². The van der Waals surface area contributed by atoms with Crippen LogP contribution < -0.4 is 10.1 Å². The summed E-state index contributed by atoms with van der Waals surface area (Å²) in [6, 6.07) is 6.05. The summed E-state index contributed by atoms with van der Waals surface area (Å²) in [6.45, 7) is 3.68. The van der Waals surface area contributed by atoms with Gasteiger partial charge in [-0.3, -0.25) is 4.21 Å². The summed E-state index contributed by atoms with van der Waals surface area (Å²) < 4.78 is 17.1. The fraction of sp³-hybridized carbons (Fsp3) is 0.500. The molecule has 1 heterocycles. The van der Waals surface area contributed by atoms with Crippen LogP contribution in [-0.2, 0) is 10.8 Å². The standard InChI is InChI=1S/C12H17NO2S/c1-9-7-10(3-4-11(9)15-2)12-8-13-5-6-16(12)14/h3-4,7,12-13H,5-6,8H2,1-2H3. The van der Waals surface area contributed by atoms with Gasteiger partial charge in [0.1, 0.15) is 5.75 Å². The van der Waals surface area contributed by atoms with Crippen molar-refractivity contribution in [3.63, 3.8) is 0 Å². The third-order valence-electron chi connectivity index (χ3n) is 2.92. The molecule has 1 aliphatic rings. The molecule has 3 nitrogen and oxygen atoms in total. The second-order valence-corrected chi connectivity index (χ2v) is 5.75. The minimum atomic E-state index is -0.749. The molecule has 0 spiro atoms. The maximum atomic E-state index is 11.9. The monoisotopic (exact) mass is 239 g/mol. The van der Waals surface area contributed by atoms with Crippen LogP contribution in [0.25, 0.3) is 0 Å². The maximum absolute atomic E-state index is 11.9. The van der Waals surface area contributed by atoms with E-state index < -0.39 is 10.8 Å². The van der Waals surface area contributed by atoms with Crippen molar-refractivity contribution in [3.8, 4) is 5.75 Å². The minimum Gasteiger partial charge on any atom is -0.496 e. The highest BCUT2D eigenvalue weighted by molar-refractivity contribution is 7.85. The number of nitrogens with one attached hydrogen (secondary N) is 1. The Morgan fingerprint density at radius 1 is 1.50 bits per heavy atom. The highest BCUT2D eigenvalue weighted by Crippen LogP contribution is 2.26. The van der Waals surface area contributed by atoms with Crippen LogP contribution in [0, 0.1) is 6.92 Å². The van der Waals surface area contributed by atoms with Crippen molar-refractivity contribution in [1.82, 2.24) is 5.32 Å². The van der Waals surface area contributed by atoms with Gasteiger partial charge in [-0.2, -0.15) is 0 Å². The molecule has 1 aromatic carbocycles. The molecule has 2 unspecified atom stereocenters. The zero-order valence-corrected chi connectivity index (χ0v) is 10.5. The molecule has 88 valence electrons. The van der Waals surface area contributed by atoms with E-state index in [0.29, 0.717) is 0 Å². The molecule has 0 bridgehead atoms. The van der Waals surface area contributed by atoms with E-state index in [1.54, 1.807) is 7.11 Å². The van der Waals surface area contributed by atoms with Gasteiger partial charge in [0.2, 0.25) is 0 Å². The van der Waals surface area contributed by atoms with Crippen molar-refractivity contribution in [2.24, 2.45) is 0 Å². The van der Waals surface area contributed by atoms with Crippen LogP contribution in [0.2, 0.25) is 0 Å². The lowest BCUT2D eigenvalue weighted by atomic mass is 10.1. The van der Waals surface area contributed by atoms with Gasteiger partial charge in [-0.05, 0) is 24.1 Å². The average Bonchev–Trinajstić information content (AvgIpc) is 2.29. The maximum Gasteiger partial charge on any atom is 0.121 e. The summed E-state index contributed by atoms with van der Waals surface area (Å²) in [5.74, 6) is 1.63. The van der Waals surface area contributed by atoms with Crippen LogP contribution >= 0.6 is 0 Å². The predicted octanol–water partition coefficient (Wildman–Crippen LogP) is 1.40. The molecule has 1 saturated heterocycles. The fourth-order valence-electron chi connectivity index (χ4n) is 2.01. The molecule has 0 radical (unpaired) electrons. The summed E-state index contributed by atoms with van der Waals surface area (Å²) in [5, 5.41) is 3.41. The van der Waals surface area contributed by atoms with Crippen LogP contribution in [0.5, 0.6) is 5.75 Å². The number of methoxy groups -OCH3 is 1. The lowest BCUT2D eigenvalue weighted by Gasteiger charge is -2.23. The Morgan fingerprint density at radius 3 is 2.94 bits per heavy atom. The molecule has 0 amide bonds. The normalized spacial score (nSPS) is 25.4. The predicted molar refractivity (Wildman–Crippen MR) is 66.4 cm³/mol. The largest absolute Gasteiger partial charge is 0.496 e. The van der Waals surface area contributed by atoms with E-state index in [4.69, 9.17) is 4.74 Å². The average molecular weight is 239 g/mol. The molecule has 1 aliphatic heterocycles. The first kappa shape index (κ1) is 11.6. The van der Waals surface area contributed by atoms with Crippen molar-refractivity contribution in [2.75, 3.05) is 26.0 Å². The SMILES string of the molecule is COc1ccc(C2CNCCS2=O)cc1C. The second kappa shape index (κ2) is 4.97. The molecule has 2 rings (SSSR count). The number of hydrogen-bond acceptors (Lipinski definition) is 3. The lowest BCUT2D eigenvalue weighted by molar-refractivity contribution is 0.411. The van der Waals surface area contributed by atoms with E-state index in [0.717, 1.165) is 35.7 Å². The molecular weight excluding hydrogens is 222 g/mol. The highest BCUT2D eigenvalue weighted by Gasteiger charge is 2.22. The summed E-state index contributed by atoms with van der Waals surface area (Å²) >= 11 is 0. The molecule has 1 fully saturated rings. The quantitative estimate of drug-likeness (QED) is 0.847. The molecule has 16 heavy (non-hydrogen) atoms. The van der Waals surface area contributed by atoms with Crippen LogP contribution in [0.4, 0.5) is 0 Å². The van der Waals surface area contributed by atoms with Crippen molar-refractivity contribution in [1.29, 1.82) is 0 Å². The van der Waals surface area contributed by atoms with E-state index in [1.807, 2.05) is 19.1 Å². The van der Waals surface area contributed by atoms with Gasteiger partial charge in [-0.1, -0.05) is 12.1 Å². The van der Waals surface area contributed by atoms with Crippen molar-refractivity contribution in [2.45, 2.75) is 12.2 Å². The third-order valence-corrected chi connectivity index (χ3v) is 4.60. The minimum absolute atomic E-state index is 0.123. The van der Waals surface area contributed by atoms with Crippen molar-refractivity contribution in [3.05, 3.63) is 29.3 Å². The Hall–Kier alpha value is -0.870. The Morgan fingerprint density at radius 2 is 2.31 bits per heavy atom. The van der Waals surface area contributed by atoms with Gasteiger partial charge < -0.3 is 10.1 Å². The van der Waals surface area contributed by atoms with Gasteiger partial charge in [0.15, 0.2) is 0 Å². The van der Waals surface area contributed by atoms with Crippen molar-refractivity contribution < 1.29 is 8.95 Å². The van der Waals surface area contributed by atoms with Gasteiger partial charge in [0.05, 0.1) is 12.4 Å². The topological polar surface area (TPSA) is 38.3 Å². The summed E-state index contributed by atoms with van der Waals surface area (Å²) in [5.41, 5.74) is 2.24. The number of hydrogen-bond donors (Lipinski definition) is 1. The number of rotatable bonds is 2. The molecule has 2 atom stereocenters. The summed E-state index contributed by atoms with van der Waals surface area (Å²) in [7, 11) is 0.920. The van der Waals surface area contributed by atoms with Gasteiger partial charge in [-0.15, -0.1) is 0 Å². The van der Waals surface area contributed by atoms with Crippen molar-refractivity contribution >= 4 is 10.8 Å². The Kier molecular flexibility index (Phi) is 3.61. The summed E-state index contributed by atoms with van der Waals surface area (Å²) in [4.78, 5) is 0. The number of aryl methyl sites for hydroxylation is 1. The number of ether oxygens (including phenoxy) is 1. The van der Waals surface area contributed by atoms with Crippen LogP contribution in [0.3, 0.4) is 0 Å². The fourth-order valence-corrected chi connectivity index (χ4v) is 3.40. The molecule has 4 heteroatoms. The molecule has 1 aromatic rings. The molecule has 0 saturated carbocycles. The first-order chi connectivity index (χ1) is 7.72. The molecular formula is C12H17NO2S. The first-order valence-corrected chi connectivity index (χ1v) is 6.83. The first-order valence-electron chi connectivity index (χ1n) is 5.45. The van der Waals surface area contributed by atoms with E-state index in [-0.39, 0.29) is 5.25 Å². The van der Waals surface area contributed by atoms with E-state index >= 15 is 0 Å². The Balaban J connectivity index is 2.26. The smallest absolute Gasteiger partial charge is 0.121 e. The zero-order chi connectivity index (χ0) is 11.5. The lowest BCUT2D eigenvalue weighted by Crippen LogP contribution is -2.35.